The number of sulfonamides is 1. The van der Waals surface area contributed by atoms with Crippen molar-refractivity contribution in [2.75, 3.05) is 14.1 Å². The number of hydrogen-bond acceptors (Lipinski definition) is 3. The Morgan fingerprint density at radius 3 is 2.47 bits per heavy atom. The predicted molar refractivity (Wildman–Crippen MR) is 60.5 cm³/mol. The Morgan fingerprint density at radius 1 is 1.33 bits per heavy atom. The molecule has 0 aliphatic carbocycles. The zero-order valence-corrected chi connectivity index (χ0v) is 9.82. The summed E-state index contributed by atoms with van der Waals surface area (Å²) < 4.78 is 25.1. The summed E-state index contributed by atoms with van der Waals surface area (Å²) in [4.78, 5) is 3.99. The SMILES string of the molecule is CN=CN(C)S(=O)(=O)c1ccccc1C. The van der Waals surface area contributed by atoms with Crippen LogP contribution in [0.4, 0.5) is 0 Å². The second kappa shape index (κ2) is 4.44. The molecule has 0 saturated carbocycles. The average Bonchev–Trinajstić information content (AvgIpc) is 2.18. The first-order valence-corrected chi connectivity index (χ1v) is 5.90. The summed E-state index contributed by atoms with van der Waals surface area (Å²) >= 11 is 0. The van der Waals surface area contributed by atoms with Crippen LogP contribution in [0.25, 0.3) is 0 Å². The fourth-order valence-electron chi connectivity index (χ4n) is 1.23. The molecule has 0 bridgehead atoms. The second-order valence-electron chi connectivity index (χ2n) is 3.16. The molecule has 0 unspecified atom stereocenters. The van der Waals surface area contributed by atoms with Crippen molar-refractivity contribution < 1.29 is 8.42 Å². The standard InChI is InChI=1S/C10H14N2O2S/c1-9-6-4-5-7-10(9)15(13,14)12(3)8-11-2/h4-8H,1-3H3. The molecule has 0 aromatic heterocycles. The minimum absolute atomic E-state index is 0.312. The van der Waals surface area contributed by atoms with Gasteiger partial charge < -0.3 is 0 Å². The van der Waals surface area contributed by atoms with Gasteiger partial charge >= 0.3 is 0 Å². The fraction of sp³-hybridized carbons (Fsp3) is 0.300. The van der Waals surface area contributed by atoms with Crippen molar-refractivity contribution in [3.8, 4) is 0 Å². The van der Waals surface area contributed by atoms with Gasteiger partial charge in [0.15, 0.2) is 0 Å². The van der Waals surface area contributed by atoms with Crippen LogP contribution in [0.5, 0.6) is 0 Å². The second-order valence-corrected chi connectivity index (χ2v) is 5.13. The first kappa shape index (κ1) is 11.7. The van der Waals surface area contributed by atoms with E-state index in [4.69, 9.17) is 0 Å². The highest BCUT2D eigenvalue weighted by Crippen LogP contribution is 2.17. The topological polar surface area (TPSA) is 49.7 Å². The lowest BCUT2D eigenvalue weighted by Gasteiger charge is -2.15. The molecule has 0 spiro atoms. The zero-order valence-electron chi connectivity index (χ0n) is 9.01. The Labute approximate surface area is 90.3 Å². The number of benzene rings is 1. The van der Waals surface area contributed by atoms with Gasteiger partial charge in [-0.25, -0.2) is 8.42 Å². The third-order valence-electron chi connectivity index (χ3n) is 2.03. The van der Waals surface area contributed by atoms with Crippen LogP contribution in [0.1, 0.15) is 5.56 Å². The van der Waals surface area contributed by atoms with Crippen LogP contribution in [0.15, 0.2) is 34.2 Å². The number of rotatable bonds is 3. The van der Waals surface area contributed by atoms with Gasteiger partial charge in [0.25, 0.3) is 10.0 Å². The number of nitrogens with zero attached hydrogens (tertiary/aromatic N) is 2. The monoisotopic (exact) mass is 226 g/mol. The van der Waals surface area contributed by atoms with Crippen LogP contribution in [0.2, 0.25) is 0 Å². The van der Waals surface area contributed by atoms with E-state index in [-0.39, 0.29) is 0 Å². The van der Waals surface area contributed by atoms with Gasteiger partial charge in [-0.1, -0.05) is 18.2 Å². The normalized spacial score (nSPS) is 11.9. The molecule has 0 amide bonds. The highest BCUT2D eigenvalue weighted by atomic mass is 32.2. The summed E-state index contributed by atoms with van der Waals surface area (Å²) in [5.41, 5.74) is 0.730. The summed E-state index contributed by atoms with van der Waals surface area (Å²) in [6, 6.07) is 6.87. The number of hydrogen-bond donors (Lipinski definition) is 0. The van der Waals surface area contributed by atoms with E-state index >= 15 is 0 Å². The molecule has 1 aromatic carbocycles. The summed E-state index contributed by atoms with van der Waals surface area (Å²) in [6.45, 7) is 1.77. The van der Waals surface area contributed by atoms with Gasteiger partial charge in [-0.05, 0) is 18.6 Å². The van der Waals surface area contributed by atoms with Gasteiger partial charge in [0.05, 0.1) is 11.2 Å². The lowest BCUT2D eigenvalue weighted by molar-refractivity contribution is 0.555. The number of aryl methyl sites for hydroxylation is 1. The van der Waals surface area contributed by atoms with E-state index in [1.807, 2.05) is 6.07 Å². The minimum atomic E-state index is -3.45. The molecular formula is C10H14N2O2S. The van der Waals surface area contributed by atoms with Crippen molar-refractivity contribution in [3.63, 3.8) is 0 Å². The minimum Gasteiger partial charge on any atom is -0.278 e. The van der Waals surface area contributed by atoms with Crippen molar-refractivity contribution >= 4 is 16.4 Å². The molecule has 0 N–H and O–H groups in total. The molecule has 0 saturated heterocycles. The molecular weight excluding hydrogens is 212 g/mol. The third-order valence-corrected chi connectivity index (χ3v) is 3.90. The molecule has 0 radical (unpaired) electrons. The summed E-state index contributed by atoms with van der Waals surface area (Å²) in [7, 11) is -0.449. The average molecular weight is 226 g/mol. The Balaban J connectivity index is 3.24. The Morgan fingerprint density at radius 2 is 1.93 bits per heavy atom. The Bertz CT molecular complexity index is 466. The summed E-state index contributed by atoms with van der Waals surface area (Å²) in [6.07, 6.45) is 1.28. The van der Waals surface area contributed by atoms with Crippen LogP contribution in [0, 0.1) is 6.92 Å². The smallest absolute Gasteiger partial charge is 0.265 e. The van der Waals surface area contributed by atoms with Gasteiger partial charge in [0.1, 0.15) is 0 Å². The molecule has 0 aliphatic heterocycles. The van der Waals surface area contributed by atoms with Gasteiger partial charge in [-0.2, -0.15) is 0 Å². The molecule has 4 nitrogen and oxygen atoms in total. The largest absolute Gasteiger partial charge is 0.278 e. The fourth-order valence-corrected chi connectivity index (χ4v) is 2.48. The molecule has 5 heteroatoms. The van der Waals surface area contributed by atoms with Crippen LogP contribution in [-0.4, -0.2) is 33.2 Å². The van der Waals surface area contributed by atoms with Crippen molar-refractivity contribution in [1.82, 2.24) is 4.31 Å². The van der Waals surface area contributed by atoms with E-state index in [1.54, 1.807) is 25.1 Å². The van der Waals surface area contributed by atoms with Crippen LogP contribution in [0.3, 0.4) is 0 Å². The Hall–Kier alpha value is -1.36. The third kappa shape index (κ3) is 2.36. The quantitative estimate of drug-likeness (QED) is 0.575. The predicted octanol–water partition coefficient (Wildman–Crippen LogP) is 1.27. The lowest BCUT2D eigenvalue weighted by atomic mass is 10.2. The van der Waals surface area contributed by atoms with E-state index in [0.29, 0.717) is 4.90 Å². The van der Waals surface area contributed by atoms with Crippen LogP contribution >= 0.6 is 0 Å². The maximum absolute atomic E-state index is 12.0. The van der Waals surface area contributed by atoms with Gasteiger partial charge in [-0.3, -0.25) is 9.30 Å². The van der Waals surface area contributed by atoms with E-state index < -0.39 is 10.0 Å². The lowest BCUT2D eigenvalue weighted by Crippen LogP contribution is -2.26. The molecule has 1 rings (SSSR count). The first-order chi connectivity index (χ1) is 7.00. The first-order valence-electron chi connectivity index (χ1n) is 4.46. The van der Waals surface area contributed by atoms with Crippen molar-refractivity contribution in [2.24, 2.45) is 4.99 Å². The highest BCUT2D eigenvalue weighted by molar-refractivity contribution is 7.89. The molecule has 1 aromatic rings. The highest BCUT2D eigenvalue weighted by Gasteiger charge is 2.19. The van der Waals surface area contributed by atoms with Crippen LogP contribution in [-0.2, 0) is 10.0 Å². The number of aliphatic imine (C=N–C) groups is 1. The van der Waals surface area contributed by atoms with Crippen molar-refractivity contribution in [2.45, 2.75) is 11.8 Å². The molecule has 82 valence electrons. The van der Waals surface area contributed by atoms with E-state index in [9.17, 15) is 8.42 Å². The summed E-state index contributed by atoms with van der Waals surface area (Å²) in [5.74, 6) is 0. The summed E-state index contributed by atoms with van der Waals surface area (Å²) in [5, 5.41) is 0. The molecule has 0 atom stereocenters. The van der Waals surface area contributed by atoms with Gasteiger partial charge in [0, 0.05) is 14.1 Å². The Kier molecular flexibility index (Phi) is 3.47. The van der Waals surface area contributed by atoms with Crippen molar-refractivity contribution in [3.05, 3.63) is 29.8 Å². The van der Waals surface area contributed by atoms with Crippen LogP contribution < -0.4 is 0 Å². The molecule has 0 aliphatic rings. The van der Waals surface area contributed by atoms with Gasteiger partial charge in [0.2, 0.25) is 0 Å². The van der Waals surface area contributed by atoms with Crippen molar-refractivity contribution in [1.29, 1.82) is 0 Å². The molecule has 15 heavy (non-hydrogen) atoms. The molecule has 0 heterocycles. The van der Waals surface area contributed by atoms with Gasteiger partial charge in [-0.15, -0.1) is 0 Å². The van der Waals surface area contributed by atoms with E-state index in [0.717, 1.165) is 9.87 Å². The zero-order chi connectivity index (χ0) is 11.5. The molecule has 0 fully saturated rings. The maximum atomic E-state index is 12.0. The van der Waals surface area contributed by atoms with E-state index in [1.165, 1.54) is 20.4 Å². The van der Waals surface area contributed by atoms with E-state index in [2.05, 4.69) is 4.99 Å². The maximum Gasteiger partial charge on any atom is 0.265 e.